The zero-order valence-electron chi connectivity index (χ0n) is 15.7. The molecule has 0 spiro atoms. The molecule has 4 N–H and O–H groups in total. The van der Waals surface area contributed by atoms with Crippen LogP contribution in [0.1, 0.15) is 36.4 Å². The molecule has 2 aromatic carbocycles. The summed E-state index contributed by atoms with van der Waals surface area (Å²) in [5.74, 6) is -2.55. The molecule has 0 bridgehead atoms. The van der Waals surface area contributed by atoms with Gasteiger partial charge in [-0.15, -0.1) is 0 Å². The number of phenols is 1. The Morgan fingerprint density at radius 1 is 1.17 bits per heavy atom. The number of rotatable bonds is 2. The molecule has 0 amide bonds. The molecule has 0 radical (unpaired) electrons. The van der Waals surface area contributed by atoms with Gasteiger partial charge in [0, 0.05) is 17.1 Å². The number of alkyl halides is 3. The minimum absolute atomic E-state index is 0.0473. The predicted molar refractivity (Wildman–Crippen MR) is 103 cm³/mol. The van der Waals surface area contributed by atoms with E-state index < -0.39 is 41.7 Å². The van der Waals surface area contributed by atoms with Crippen molar-refractivity contribution in [3.05, 3.63) is 69.8 Å². The summed E-state index contributed by atoms with van der Waals surface area (Å²) in [6.45, 7) is 1.46. The predicted octanol–water partition coefficient (Wildman–Crippen LogP) is 4.33. The van der Waals surface area contributed by atoms with Crippen LogP contribution in [0.25, 0.3) is 10.9 Å². The maximum absolute atomic E-state index is 14.0. The lowest BCUT2D eigenvalue weighted by molar-refractivity contribution is -0.272. The van der Waals surface area contributed by atoms with Crippen LogP contribution in [0.5, 0.6) is 5.75 Å². The second-order valence-corrected chi connectivity index (χ2v) is 7.63. The number of aliphatic hydroxyl groups is 1. The first-order valence-corrected chi connectivity index (χ1v) is 9.21. The number of benzene rings is 2. The van der Waals surface area contributed by atoms with Crippen molar-refractivity contribution < 1.29 is 27.8 Å². The SMILES string of the molecule is CC1C[C@](O)(C(F)(F)F)C(Nc2cccc3[nH]c(=O)ccc23)c2cc(O)c(F)cc21. The first-order chi connectivity index (χ1) is 14.0. The summed E-state index contributed by atoms with van der Waals surface area (Å²) < 4.78 is 56.0. The van der Waals surface area contributed by atoms with Crippen LogP contribution in [-0.4, -0.2) is 27.0 Å². The van der Waals surface area contributed by atoms with Crippen molar-refractivity contribution in [1.29, 1.82) is 0 Å². The van der Waals surface area contributed by atoms with Crippen LogP contribution in [0.2, 0.25) is 0 Å². The Balaban J connectivity index is 1.92. The fourth-order valence-corrected chi connectivity index (χ4v) is 4.17. The van der Waals surface area contributed by atoms with Gasteiger partial charge in [0.25, 0.3) is 0 Å². The van der Waals surface area contributed by atoms with Crippen molar-refractivity contribution in [3.63, 3.8) is 0 Å². The van der Waals surface area contributed by atoms with Gasteiger partial charge in [-0.2, -0.15) is 13.2 Å². The number of phenolic OH excluding ortho intramolecular Hbond substituents is 1. The monoisotopic (exact) mass is 422 g/mol. The topological polar surface area (TPSA) is 85.4 Å². The number of anilines is 1. The van der Waals surface area contributed by atoms with Crippen LogP contribution in [0.3, 0.4) is 0 Å². The molecule has 3 aromatic rings. The second kappa shape index (κ2) is 6.73. The molecule has 158 valence electrons. The Kier molecular flexibility index (Phi) is 4.54. The van der Waals surface area contributed by atoms with E-state index in [1.807, 2.05) is 0 Å². The summed E-state index contributed by atoms with van der Waals surface area (Å²) >= 11 is 0. The van der Waals surface area contributed by atoms with Gasteiger partial charge in [-0.05, 0) is 53.8 Å². The van der Waals surface area contributed by atoms with Crippen LogP contribution in [0, 0.1) is 5.82 Å². The van der Waals surface area contributed by atoms with E-state index in [4.69, 9.17) is 0 Å². The summed E-state index contributed by atoms with van der Waals surface area (Å²) in [6, 6.07) is 7.55. The van der Waals surface area contributed by atoms with Crippen molar-refractivity contribution in [2.24, 2.45) is 0 Å². The number of pyridine rings is 1. The van der Waals surface area contributed by atoms with Gasteiger partial charge in [0.05, 0.1) is 11.6 Å². The Labute approximate surface area is 168 Å². The zero-order chi connectivity index (χ0) is 21.8. The number of nitrogens with one attached hydrogen (secondary N) is 2. The molecule has 30 heavy (non-hydrogen) atoms. The molecule has 1 heterocycles. The van der Waals surface area contributed by atoms with Gasteiger partial charge < -0.3 is 20.5 Å². The summed E-state index contributed by atoms with van der Waals surface area (Å²) in [5, 5.41) is 23.8. The zero-order valence-corrected chi connectivity index (χ0v) is 15.7. The van der Waals surface area contributed by atoms with E-state index in [1.54, 1.807) is 12.1 Å². The fourth-order valence-electron chi connectivity index (χ4n) is 4.17. The number of aromatic hydroxyl groups is 1. The molecule has 0 aliphatic heterocycles. The van der Waals surface area contributed by atoms with Crippen molar-refractivity contribution in [2.75, 3.05) is 5.32 Å². The highest BCUT2D eigenvalue weighted by molar-refractivity contribution is 5.91. The molecule has 3 atom stereocenters. The molecular formula is C21H18F4N2O3. The van der Waals surface area contributed by atoms with Crippen LogP contribution < -0.4 is 10.9 Å². The van der Waals surface area contributed by atoms with Gasteiger partial charge in [0.1, 0.15) is 0 Å². The van der Waals surface area contributed by atoms with E-state index in [0.29, 0.717) is 10.9 Å². The van der Waals surface area contributed by atoms with Crippen LogP contribution in [-0.2, 0) is 0 Å². The minimum Gasteiger partial charge on any atom is -0.505 e. The van der Waals surface area contributed by atoms with Crippen LogP contribution >= 0.6 is 0 Å². The number of hydrogen-bond donors (Lipinski definition) is 4. The molecule has 0 saturated carbocycles. The smallest absolute Gasteiger partial charge is 0.419 e. The van der Waals surface area contributed by atoms with Gasteiger partial charge in [-0.1, -0.05) is 13.0 Å². The van der Waals surface area contributed by atoms with E-state index in [2.05, 4.69) is 10.3 Å². The second-order valence-electron chi connectivity index (χ2n) is 7.63. The van der Waals surface area contributed by atoms with Gasteiger partial charge in [-0.25, -0.2) is 4.39 Å². The Bertz CT molecular complexity index is 1190. The van der Waals surface area contributed by atoms with E-state index in [0.717, 1.165) is 12.1 Å². The van der Waals surface area contributed by atoms with Crippen molar-refractivity contribution in [1.82, 2.24) is 4.98 Å². The Morgan fingerprint density at radius 3 is 2.60 bits per heavy atom. The average molecular weight is 422 g/mol. The largest absolute Gasteiger partial charge is 0.505 e. The Hall–Kier alpha value is -3.07. The molecule has 0 fully saturated rings. The fraction of sp³-hybridized carbons (Fsp3) is 0.286. The van der Waals surface area contributed by atoms with Crippen LogP contribution in [0.4, 0.5) is 23.2 Å². The van der Waals surface area contributed by atoms with E-state index in [9.17, 15) is 32.6 Å². The highest BCUT2D eigenvalue weighted by Crippen LogP contribution is 2.53. The maximum Gasteiger partial charge on any atom is 0.419 e. The molecule has 0 saturated heterocycles. The van der Waals surface area contributed by atoms with Crippen molar-refractivity contribution in [2.45, 2.75) is 37.1 Å². The molecule has 1 aliphatic carbocycles. The molecule has 1 aromatic heterocycles. The summed E-state index contributed by atoms with van der Waals surface area (Å²) in [7, 11) is 0. The Morgan fingerprint density at radius 2 is 1.90 bits per heavy atom. The third-order valence-electron chi connectivity index (χ3n) is 5.65. The maximum atomic E-state index is 14.0. The van der Waals surface area contributed by atoms with Gasteiger partial charge in [-0.3, -0.25) is 4.79 Å². The lowest BCUT2D eigenvalue weighted by Gasteiger charge is -2.45. The average Bonchev–Trinajstić information content (AvgIpc) is 2.65. The number of fused-ring (bicyclic) bond motifs is 2. The van der Waals surface area contributed by atoms with E-state index >= 15 is 0 Å². The third kappa shape index (κ3) is 3.09. The third-order valence-corrected chi connectivity index (χ3v) is 5.65. The highest BCUT2D eigenvalue weighted by Gasteiger charge is 2.62. The van der Waals surface area contributed by atoms with E-state index in [1.165, 1.54) is 25.1 Å². The standard InChI is InChI=1S/C21H18F4N2O3/c1-10-9-20(30,21(23,24)25)19(13-8-17(28)14(22)7-12(10)13)27-16-4-2-3-15-11(16)5-6-18(29)26-15/h2-8,10,19,27-28,30H,9H2,1H3,(H,26,29)/t10?,19?,20-/m1/s1. The number of aromatic nitrogens is 1. The van der Waals surface area contributed by atoms with Gasteiger partial charge in [0.2, 0.25) is 5.56 Å². The summed E-state index contributed by atoms with van der Waals surface area (Å²) in [5.41, 5.74) is -2.69. The van der Waals surface area contributed by atoms with Gasteiger partial charge >= 0.3 is 6.18 Å². The number of aromatic amines is 1. The number of H-pyrrole nitrogens is 1. The molecule has 4 rings (SSSR count). The highest BCUT2D eigenvalue weighted by atomic mass is 19.4. The lowest BCUT2D eigenvalue weighted by Crippen LogP contribution is -2.55. The lowest BCUT2D eigenvalue weighted by atomic mass is 9.70. The van der Waals surface area contributed by atoms with Crippen molar-refractivity contribution >= 4 is 16.6 Å². The summed E-state index contributed by atoms with van der Waals surface area (Å²) in [4.78, 5) is 14.2. The minimum atomic E-state index is -5.00. The van der Waals surface area contributed by atoms with Crippen LogP contribution in [0.15, 0.2) is 47.3 Å². The first-order valence-electron chi connectivity index (χ1n) is 9.21. The van der Waals surface area contributed by atoms with Crippen molar-refractivity contribution in [3.8, 4) is 5.75 Å². The quantitative estimate of drug-likeness (QED) is 0.463. The molecule has 1 aliphatic rings. The number of hydrogen-bond acceptors (Lipinski definition) is 4. The summed E-state index contributed by atoms with van der Waals surface area (Å²) in [6.07, 6.45) is -5.69. The molecule has 2 unspecified atom stereocenters. The molecule has 9 heteroatoms. The van der Waals surface area contributed by atoms with Gasteiger partial charge in [0.15, 0.2) is 17.2 Å². The first kappa shape index (κ1) is 20.2. The van der Waals surface area contributed by atoms with E-state index in [-0.39, 0.29) is 22.4 Å². The molecule has 5 nitrogen and oxygen atoms in total. The number of halogens is 4. The molecular weight excluding hydrogens is 404 g/mol. The normalized spacial score (nSPS) is 23.9.